The van der Waals surface area contributed by atoms with Crippen LogP contribution in [-0.2, 0) is 16.6 Å². The fourth-order valence-electron chi connectivity index (χ4n) is 2.72. The standard InChI is InChI=1S/C16H21N5O3S.ClH/c17-14-6-10-21(12-14)25(23,24)15-4-2-13(3-5-15)16(22)18-8-11-20-9-1-7-19-20;/h1-5,7,9,14H,6,8,10-12,17H2,(H,18,22);1H. The normalized spacial score (nSPS) is 17.7. The fourth-order valence-corrected chi connectivity index (χ4v) is 4.23. The molecule has 10 heteroatoms. The van der Waals surface area contributed by atoms with Gasteiger partial charge in [0.2, 0.25) is 10.0 Å². The number of sulfonamides is 1. The Bertz CT molecular complexity index is 824. The number of aromatic nitrogens is 2. The minimum Gasteiger partial charge on any atom is -0.350 e. The molecule has 0 bridgehead atoms. The fraction of sp³-hybridized carbons (Fsp3) is 0.375. The van der Waals surface area contributed by atoms with Crippen molar-refractivity contribution in [1.29, 1.82) is 0 Å². The molecule has 0 aliphatic carbocycles. The molecular formula is C16H22ClN5O3S. The molecular weight excluding hydrogens is 378 g/mol. The van der Waals surface area contributed by atoms with Crippen molar-refractivity contribution in [2.45, 2.75) is 23.9 Å². The molecule has 1 unspecified atom stereocenters. The van der Waals surface area contributed by atoms with Gasteiger partial charge < -0.3 is 11.1 Å². The van der Waals surface area contributed by atoms with Crippen LogP contribution in [0.5, 0.6) is 0 Å². The van der Waals surface area contributed by atoms with Gasteiger partial charge in [0.1, 0.15) is 0 Å². The summed E-state index contributed by atoms with van der Waals surface area (Å²) < 4.78 is 28.2. The first-order valence-corrected chi connectivity index (χ1v) is 9.52. The van der Waals surface area contributed by atoms with E-state index in [1.807, 2.05) is 12.3 Å². The maximum atomic E-state index is 12.5. The Kier molecular flexibility index (Phi) is 6.76. The van der Waals surface area contributed by atoms with Gasteiger partial charge in [-0.15, -0.1) is 12.4 Å². The molecule has 0 spiro atoms. The van der Waals surface area contributed by atoms with Crippen LogP contribution in [0.3, 0.4) is 0 Å². The Hall–Kier alpha value is -1.94. The zero-order chi connectivity index (χ0) is 17.9. The Labute approximate surface area is 158 Å². The summed E-state index contributed by atoms with van der Waals surface area (Å²) in [6.07, 6.45) is 4.15. The largest absolute Gasteiger partial charge is 0.350 e. The number of amides is 1. The second-order valence-corrected chi connectivity index (χ2v) is 7.90. The van der Waals surface area contributed by atoms with Gasteiger partial charge in [0.25, 0.3) is 5.91 Å². The Balaban J connectivity index is 0.00000243. The van der Waals surface area contributed by atoms with Crippen LogP contribution in [0.2, 0.25) is 0 Å². The summed E-state index contributed by atoms with van der Waals surface area (Å²) in [4.78, 5) is 12.3. The number of hydrogen-bond acceptors (Lipinski definition) is 5. The van der Waals surface area contributed by atoms with Gasteiger partial charge in [-0.3, -0.25) is 9.48 Å². The second kappa shape index (κ2) is 8.63. The number of rotatable bonds is 6. The smallest absolute Gasteiger partial charge is 0.251 e. The molecule has 26 heavy (non-hydrogen) atoms. The molecule has 0 radical (unpaired) electrons. The maximum Gasteiger partial charge on any atom is 0.251 e. The van der Waals surface area contributed by atoms with Crippen LogP contribution in [0.1, 0.15) is 16.8 Å². The van der Waals surface area contributed by atoms with E-state index in [1.165, 1.54) is 28.6 Å². The molecule has 1 fully saturated rings. The average molecular weight is 400 g/mol. The van der Waals surface area contributed by atoms with Gasteiger partial charge in [0.05, 0.1) is 11.4 Å². The van der Waals surface area contributed by atoms with E-state index in [1.54, 1.807) is 10.9 Å². The molecule has 2 heterocycles. The zero-order valence-electron chi connectivity index (χ0n) is 14.1. The lowest BCUT2D eigenvalue weighted by atomic mass is 10.2. The Morgan fingerprint density at radius 2 is 2.04 bits per heavy atom. The molecule has 1 aromatic carbocycles. The summed E-state index contributed by atoms with van der Waals surface area (Å²) >= 11 is 0. The quantitative estimate of drug-likeness (QED) is 0.733. The average Bonchev–Trinajstić information content (AvgIpc) is 3.27. The minimum absolute atomic E-state index is 0. The number of nitrogens with one attached hydrogen (secondary N) is 1. The number of nitrogens with two attached hydrogens (primary N) is 1. The van der Waals surface area contributed by atoms with Gasteiger partial charge in [-0.1, -0.05) is 0 Å². The molecule has 1 saturated heterocycles. The molecule has 8 nitrogen and oxygen atoms in total. The lowest BCUT2D eigenvalue weighted by Gasteiger charge is -2.16. The van der Waals surface area contributed by atoms with Crippen LogP contribution < -0.4 is 11.1 Å². The van der Waals surface area contributed by atoms with Crippen LogP contribution in [0.4, 0.5) is 0 Å². The number of hydrogen-bond donors (Lipinski definition) is 2. The van der Waals surface area contributed by atoms with Crippen LogP contribution >= 0.6 is 12.4 Å². The van der Waals surface area contributed by atoms with Gasteiger partial charge in [-0.2, -0.15) is 9.40 Å². The van der Waals surface area contributed by atoms with Crippen molar-refractivity contribution in [2.75, 3.05) is 19.6 Å². The molecule has 3 rings (SSSR count). The molecule has 1 atom stereocenters. The first-order chi connectivity index (χ1) is 12.0. The molecule has 1 aliphatic heterocycles. The zero-order valence-corrected chi connectivity index (χ0v) is 15.7. The molecule has 1 amide bonds. The number of carbonyl (C=O) groups is 1. The van der Waals surface area contributed by atoms with E-state index >= 15 is 0 Å². The van der Waals surface area contributed by atoms with Crippen molar-refractivity contribution in [3.8, 4) is 0 Å². The molecule has 3 N–H and O–H groups in total. The van der Waals surface area contributed by atoms with E-state index in [9.17, 15) is 13.2 Å². The van der Waals surface area contributed by atoms with Gasteiger partial charge >= 0.3 is 0 Å². The van der Waals surface area contributed by atoms with E-state index in [0.717, 1.165) is 0 Å². The number of carbonyl (C=O) groups excluding carboxylic acids is 1. The summed E-state index contributed by atoms with van der Waals surface area (Å²) in [5.41, 5.74) is 6.19. The van der Waals surface area contributed by atoms with E-state index in [4.69, 9.17) is 5.73 Å². The van der Waals surface area contributed by atoms with E-state index in [-0.39, 0.29) is 29.3 Å². The predicted molar refractivity (Wildman–Crippen MR) is 99.6 cm³/mol. The van der Waals surface area contributed by atoms with Gasteiger partial charge in [0.15, 0.2) is 0 Å². The summed E-state index contributed by atoms with van der Waals surface area (Å²) in [7, 11) is -3.55. The molecule has 2 aromatic rings. The number of nitrogens with zero attached hydrogens (tertiary/aromatic N) is 3. The van der Waals surface area contributed by atoms with Crippen molar-refractivity contribution >= 4 is 28.3 Å². The van der Waals surface area contributed by atoms with Crippen molar-refractivity contribution < 1.29 is 13.2 Å². The Morgan fingerprint density at radius 3 is 2.62 bits per heavy atom. The highest BCUT2D eigenvalue weighted by Gasteiger charge is 2.30. The van der Waals surface area contributed by atoms with Gasteiger partial charge in [-0.25, -0.2) is 8.42 Å². The maximum absolute atomic E-state index is 12.5. The van der Waals surface area contributed by atoms with E-state index < -0.39 is 10.0 Å². The van der Waals surface area contributed by atoms with E-state index in [2.05, 4.69) is 10.4 Å². The molecule has 1 aliphatic rings. The molecule has 0 saturated carbocycles. The first-order valence-electron chi connectivity index (χ1n) is 8.08. The van der Waals surface area contributed by atoms with Crippen LogP contribution in [0.25, 0.3) is 0 Å². The number of benzene rings is 1. The topological polar surface area (TPSA) is 110 Å². The van der Waals surface area contributed by atoms with E-state index in [0.29, 0.717) is 38.2 Å². The number of halogens is 1. The SMILES string of the molecule is Cl.NC1CCN(S(=O)(=O)c2ccc(C(=O)NCCn3cccn3)cc2)C1. The summed E-state index contributed by atoms with van der Waals surface area (Å²) in [5, 5.41) is 6.83. The van der Waals surface area contributed by atoms with Crippen molar-refractivity contribution in [3.05, 3.63) is 48.3 Å². The summed E-state index contributed by atoms with van der Waals surface area (Å²) in [6, 6.07) is 7.66. The van der Waals surface area contributed by atoms with Crippen molar-refractivity contribution in [3.63, 3.8) is 0 Å². The lowest BCUT2D eigenvalue weighted by Crippen LogP contribution is -2.32. The van der Waals surface area contributed by atoms with Crippen LogP contribution in [0.15, 0.2) is 47.6 Å². The minimum atomic E-state index is -3.55. The third kappa shape index (κ3) is 4.61. The van der Waals surface area contributed by atoms with Gasteiger partial charge in [0, 0.05) is 43.6 Å². The highest BCUT2D eigenvalue weighted by atomic mass is 35.5. The molecule has 142 valence electrons. The van der Waals surface area contributed by atoms with Crippen molar-refractivity contribution in [2.24, 2.45) is 5.73 Å². The summed E-state index contributed by atoms with van der Waals surface area (Å²) in [6.45, 7) is 1.77. The first kappa shape index (κ1) is 20.4. The highest BCUT2D eigenvalue weighted by molar-refractivity contribution is 7.89. The molecule has 1 aromatic heterocycles. The van der Waals surface area contributed by atoms with Crippen molar-refractivity contribution in [1.82, 2.24) is 19.4 Å². The van der Waals surface area contributed by atoms with Crippen LogP contribution in [0, 0.1) is 0 Å². The predicted octanol–water partition coefficient (Wildman–Crippen LogP) is 0.457. The van der Waals surface area contributed by atoms with Gasteiger partial charge in [-0.05, 0) is 36.8 Å². The van der Waals surface area contributed by atoms with Crippen LogP contribution in [-0.4, -0.2) is 54.1 Å². The Morgan fingerprint density at radius 1 is 1.31 bits per heavy atom. The third-order valence-corrected chi connectivity index (χ3v) is 6.01. The highest BCUT2D eigenvalue weighted by Crippen LogP contribution is 2.20. The second-order valence-electron chi connectivity index (χ2n) is 5.96. The lowest BCUT2D eigenvalue weighted by molar-refractivity contribution is 0.0952. The third-order valence-electron chi connectivity index (χ3n) is 4.13. The monoisotopic (exact) mass is 399 g/mol. The summed E-state index contributed by atoms with van der Waals surface area (Å²) in [5.74, 6) is -0.251.